The highest BCUT2D eigenvalue weighted by molar-refractivity contribution is 6.33. The van der Waals surface area contributed by atoms with Gasteiger partial charge in [0, 0.05) is 6.54 Å². The van der Waals surface area contributed by atoms with E-state index < -0.39 is 18.3 Å². The molecule has 0 radical (unpaired) electrons. The van der Waals surface area contributed by atoms with Crippen LogP contribution in [0, 0.1) is 0 Å². The first-order chi connectivity index (χ1) is 15.5. The Labute approximate surface area is 193 Å². The van der Waals surface area contributed by atoms with Crippen molar-refractivity contribution in [2.75, 3.05) is 18.4 Å². The summed E-state index contributed by atoms with van der Waals surface area (Å²) in [6.45, 7) is 2.30. The van der Waals surface area contributed by atoms with Gasteiger partial charge in [0.15, 0.2) is 0 Å². The summed E-state index contributed by atoms with van der Waals surface area (Å²) in [7, 11) is 0. The fourth-order valence-corrected chi connectivity index (χ4v) is 3.39. The Morgan fingerprint density at radius 1 is 1.00 bits per heavy atom. The zero-order chi connectivity index (χ0) is 24.4. The number of hydrogen-bond donors (Lipinski definition) is 4. The minimum atomic E-state index is -4.68. The maximum atomic E-state index is 12.2. The summed E-state index contributed by atoms with van der Waals surface area (Å²) in [5.41, 5.74) is 4.22. The van der Waals surface area contributed by atoms with Gasteiger partial charge in [-0.25, -0.2) is 0 Å². The highest BCUT2D eigenvalue weighted by atomic mass is 35.5. The van der Waals surface area contributed by atoms with Crippen molar-refractivity contribution in [2.24, 2.45) is 0 Å². The number of halogens is 4. The van der Waals surface area contributed by atoms with Gasteiger partial charge in [-0.1, -0.05) is 29.8 Å². The Morgan fingerprint density at radius 2 is 1.61 bits per heavy atom. The molecule has 0 saturated carbocycles. The van der Waals surface area contributed by atoms with Crippen LogP contribution in [0.2, 0.25) is 5.02 Å². The number of carboxylic acids is 2. The van der Waals surface area contributed by atoms with Crippen LogP contribution >= 0.6 is 11.6 Å². The molecule has 3 rings (SSSR count). The number of benzene rings is 2. The summed E-state index contributed by atoms with van der Waals surface area (Å²) in [5.74, 6) is -2.38. The summed E-state index contributed by atoms with van der Waals surface area (Å²) in [4.78, 5) is 19.3. The van der Waals surface area contributed by atoms with Gasteiger partial charge in [0.1, 0.15) is 5.75 Å². The first-order valence-electron chi connectivity index (χ1n) is 10.1. The van der Waals surface area contributed by atoms with Gasteiger partial charge in [-0.3, -0.25) is 9.59 Å². The van der Waals surface area contributed by atoms with Gasteiger partial charge in [-0.15, -0.1) is 13.2 Å². The van der Waals surface area contributed by atoms with Gasteiger partial charge in [-0.2, -0.15) is 0 Å². The van der Waals surface area contributed by atoms with E-state index in [9.17, 15) is 22.8 Å². The summed E-state index contributed by atoms with van der Waals surface area (Å²) in [6.07, 6.45) is -3.44. The number of rotatable bonds is 7. The average Bonchev–Trinajstić information content (AvgIpc) is 2.98. The van der Waals surface area contributed by atoms with Crippen molar-refractivity contribution >= 4 is 29.2 Å². The first kappa shape index (κ1) is 26.3. The number of anilines is 1. The van der Waals surface area contributed by atoms with E-state index in [1.807, 2.05) is 6.07 Å². The molecule has 2 aromatic rings. The monoisotopic (exact) mass is 488 g/mol. The molecule has 180 valence electrons. The predicted molar refractivity (Wildman–Crippen MR) is 117 cm³/mol. The third-order valence-corrected chi connectivity index (χ3v) is 4.98. The molecule has 2 aromatic carbocycles. The molecule has 11 heteroatoms. The second-order valence-electron chi connectivity index (χ2n) is 7.14. The van der Waals surface area contributed by atoms with Crippen molar-refractivity contribution in [3.8, 4) is 5.75 Å². The normalized spacial score (nSPS) is 13.1. The number of nitrogens with one attached hydrogen (secondary N) is 2. The molecular weight excluding hydrogens is 465 g/mol. The van der Waals surface area contributed by atoms with Crippen molar-refractivity contribution in [3.63, 3.8) is 0 Å². The summed E-state index contributed by atoms with van der Waals surface area (Å²) in [6, 6.07) is 9.76. The molecule has 1 aliphatic rings. The van der Waals surface area contributed by atoms with Gasteiger partial charge in [0.05, 0.1) is 23.6 Å². The first-order valence-corrected chi connectivity index (χ1v) is 10.5. The lowest BCUT2D eigenvalue weighted by Gasteiger charge is -2.16. The van der Waals surface area contributed by atoms with Crippen molar-refractivity contribution in [1.29, 1.82) is 0 Å². The van der Waals surface area contributed by atoms with Crippen LogP contribution in [0.15, 0.2) is 36.4 Å². The minimum absolute atomic E-state index is 0.228. The third-order valence-electron chi connectivity index (χ3n) is 4.66. The Morgan fingerprint density at radius 3 is 2.18 bits per heavy atom. The topological polar surface area (TPSA) is 108 Å². The number of hydrogen-bond acceptors (Lipinski definition) is 5. The third kappa shape index (κ3) is 9.58. The molecule has 4 N–H and O–H groups in total. The molecular formula is C22H24ClF3N2O5. The summed E-state index contributed by atoms with van der Waals surface area (Å²) in [5, 5.41) is 23.1. The Kier molecular flexibility index (Phi) is 9.80. The molecule has 0 spiro atoms. The van der Waals surface area contributed by atoms with Crippen molar-refractivity contribution < 1.29 is 37.7 Å². The molecule has 0 amide bonds. The van der Waals surface area contributed by atoms with Crippen LogP contribution in [0.1, 0.15) is 29.5 Å². The standard InChI is InChI=1S/C18H18ClF3N2O.C4H6O4/c19-16-6-3-13-7-9-23-10-8-15(13)17(16)24-11-12-1-4-14(5-2-12)25-18(20,21)22;5-3(6)1-2-4(7)8/h1-6,23-24H,7-11H2;1-2H2,(H,5,6)(H,7,8). The number of aliphatic carboxylic acids is 2. The highest BCUT2D eigenvalue weighted by Gasteiger charge is 2.30. The average molecular weight is 489 g/mol. The molecule has 0 aromatic heterocycles. The van der Waals surface area contributed by atoms with Crippen LogP contribution in [0.3, 0.4) is 0 Å². The molecule has 7 nitrogen and oxygen atoms in total. The fraction of sp³-hybridized carbons (Fsp3) is 0.364. The van der Waals surface area contributed by atoms with Gasteiger partial charge < -0.3 is 25.6 Å². The van der Waals surface area contributed by atoms with Crippen molar-refractivity contribution in [3.05, 3.63) is 58.1 Å². The number of alkyl halides is 3. The van der Waals surface area contributed by atoms with Crippen molar-refractivity contribution in [1.82, 2.24) is 5.32 Å². The Hall–Kier alpha value is -2.98. The van der Waals surface area contributed by atoms with Crippen LogP contribution in [-0.2, 0) is 29.0 Å². The molecule has 1 heterocycles. The Balaban J connectivity index is 0.000000414. The van der Waals surface area contributed by atoms with E-state index in [1.54, 1.807) is 12.1 Å². The fourth-order valence-electron chi connectivity index (χ4n) is 3.15. The summed E-state index contributed by atoms with van der Waals surface area (Å²) >= 11 is 6.35. The van der Waals surface area contributed by atoms with E-state index in [4.69, 9.17) is 21.8 Å². The molecule has 0 atom stereocenters. The number of carbonyl (C=O) groups is 2. The smallest absolute Gasteiger partial charge is 0.481 e. The zero-order valence-corrected chi connectivity index (χ0v) is 18.3. The van der Waals surface area contributed by atoms with Crippen LogP contribution in [0.4, 0.5) is 18.9 Å². The largest absolute Gasteiger partial charge is 0.573 e. The van der Waals surface area contributed by atoms with E-state index in [2.05, 4.69) is 21.4 Å². The maximum absolute atomic E-state index is 12.2. The van der Waals surface area contributed by atoms with Crippen LogP contribution < -0.4 is 15.4 Å². The minimum Gasteiger partial charge on any atom is -0.481 e. The van der Waals surface area contributed by atoms with Crippen LogP contribution in [-0.4, -0.2) is 41.6 Å². The van der Waals surface area contributed by atoms with Crippen molar-refractivity contribution in [2.45, 2.75) is 38.6 Å². The van der Waals surface area contributed by atoms with E-state index in [1.165, 1.54) is 23.3 Å². The van der Waals surface area contributed by atoms with E-state index in [0.717, 1.165) is 37.2 Å². The lowest BCUT2D eigenvalue weighted by Crippen LogP contribution is -2.17. The molecule has 0 fully saturated rings. The van der Waals surface area contributed by atoms with Gasteiger partial charge in [-0.05, 0) is 60.8 Å². The highest BCUT2D eigenvalue weighted by Crippen LogP contribution is 2.31. The maximum Gasteiger partial charge on any atom is 0.573 e. The quantitative estimate of drug-likeness (QED) is 0.455. The SMILES string of the molecule is FC(F)(F)Oc1ccc(CNc2c(Cl)ccc3c2CCNCC3)cc1.O=C(O)CCC(=O)O. The zero-order valence-electron chi connectivity index (χ0n) is 17.5. The van der Waals surface area contributed by atoms with Crippen LogP contribution in [0.5, 0.6) is 5.75 Å². The lowest BCUT2D eigenvalue weighted by molar-refractivity contribution is -0.274. The van der Waals surface area contributed by atoms with Gasteiger partial charge in [0.25, 0.3) is 0 Å². The lowest BCUT2D eigenvalue weighted by atomic mass is 10.0. The molecule has 33 heavy (non-hydrogen) atoms. The van der Waals surface area contributed by atoms with E-state index >= 15 is 0 Å². The van der Waals surface area contributed by atoms with Gasteiger partial charge >= 0.3 is 18.3 Å². The number of carboxylic acid groups (broad SMARTS) is 2. The molecule has 1 aliphatic heterocycles. The Bertz CT molecular complexity index is 938. The second-order valence-corrected chi connectivity index (χ2v) is 7.55. The van der Waals surface area contributed by atoms with E-state index in [0.29, 0.717) is 11.6 Å². The van der Waals surface area contributed by atoms with Crippen LogP contribution in [0.25, 0.3) is 0 Å². The second kappa shape index (κ2) is 12.3. The molecule has 0 aliphatic carbocycles. The molecule has 0 bridgehead atoms. The van der Waals surface area contributed by atoms with E-state index in [-0.39, 0.29) is 18.6 Å². The molecule has 0 saturated heterocycles. The number of ether oxygens (including phenoxy) is 1. The number of fused-ring (bicyclic) bond motifs is 1. The van der Waals surface area contributed by atoms with Gasteiger partial charge in [0.2, 0.25) is 0 Å². The molecule has 0 unspecified atom stereocenters. The summed E-state index contributed by atoms with van der Waals surface area (Å²) < 4.78 is 40.5. The predicted octanol–water partition coefficient (Wildman–Crippen LogP) is 4.47.